The average molecular weight is 459 g/mol. The maximum atomic E-state index is 3.73. The molecule has 0 radical (unpaired) electrons. The van der Waals surface area contributed by atoms with E-state index in [1.807, 2.05) is 0 Å². The van der Waals surface area contributed by atoms with Crippen molar-refractivity contribution in [3.8, 4) is 22.3 Å². The molecule has 168 valence electrons. The molecule has 1 aliphatic heterocycles. The Kier molecular flexibility index (Phi) is 3.97. The van der Waals surface area contributed by atoms with Crippen LogP contribution >= 0.6 is 0 Å². The molecule has 0 aliphatic carbocycles. The first-order chi connectivity index (χ1) is 17.9. The Morgan fingerprint density at radius 1 is 0.444 bits per heavy atom. The zero-order chi connectivity index (χ0) is 23.6. The third-order valence-corrected chi connectivity index (χ3v) is 7.51. The summed E-state index contributed by atoms with van der Waals surface area (Å²) in [4.78, 5) is 6.14. The number of rotatable bonds is 1. The number of fused-ring (bicyclic) bond motifs is 10. The monoisotopic (exact) mass is 458 g/mol. The molecular formula is C34H22N2. The zero-order valence-corrected chi connectivity index (χ0v) is 19.6. The molecule has 1 aliphatic rings. The number of benzene rings is 6. The highest BCUT2D eigenvalue weighted by atomic mass is 15.1. The van der Waals surface area contributed by atoms with E-state index in [4.69, 9.17) is 0 Å². The van der Waals surface area contributed by atoms with Crippen LogP contribution in [0.1, 0.15) is 0 Å². The van der Waals surface area contributed by atoms with Gasteiger partial charge in [0.05, 0.1) is 11.4 Å². The first-order valence-electron chi connectivity index (χ1n) is 12.4. The van der Waals surface area contributed by atoms with Crippen LogP contribution in [0.2, 0.25) is 0 Å². The van der Waals surface area contributed by atoms with Gasteiger partial charge in [0.1, 0.15) is 0 Å². The quantitative estimate of drug-likeness (QED) is 0.259. The molecule has 6 aromatic carbocycles. The van der Waals surface area contributed by atoms with E-state index in [1.54, 1.807) is 0 Å². The molecular weight excluding hydrogens is 436 g/mol. The SMILES string of the molecule is c1ccc(N2c3ccccc3-c3ccccc3-c3cc4c(cc32)[nH]c2ccc3ccccc3c24)cc1. The molecule has 7 aromatic rings. The molecule has 36 heavy (non-hydrogen) atoms. The summed E-state index contributed by atoms with van der Waals surface area (Å²) in [6, 6.07) is 46.1. The van der Waals surface area contributed by atoms with Crippen molar-refractivity contribution in [2.24, 2.45) is 0 Å². The molecule has 0 spiro atoms. The van der Waals surface area contributed by atoms with Crippen LogP contribution in [0.15, 0.2) is 127 Å². The summed E-state index contributed by atoms with van der Waals surface area (Å²) in [5, 5.41) is 5.09. The summed E-state index contributed by atoms with van der Waals surface area (Å²) in [6.45, 7) is 0. The molecule has 1 aromatic heterocycles. The molecule has 0 saturated heterocycles. The highest BCUT2D eigenvalue weighted by molar-refractivity contribution is 6.22. The van der Waals surface area contributed by atoms with Crippen LogP contribution in [0, 0.1) is 0 Å². The molecule has 8 rings (SSSR count). The fraction of sp³-hybridized carbons (Fsp3) is 0. The largest absolute Gasteiger partial charge is 0.354 e. The van der Waals surface area contributed by atoms with Crippen molar-refractivity contribution in [1.29, 1.82) is 0 Å². The fourth-order valence-corrected chi connectivity index (χ4v) is 5.94. The second-order valence-electron chi connectivity index (χ2n) is 9.48. The third-order valence-electron chi connectivity index (χ3n) is 7.51. The van der Waals surface area contributed by atoms with Gasteiger partial charge in [-0.25, -0.2) is 0 Å². The molecule has 0 saturated carbocycles. The van der Waals surface area contributed by atoms with Gasteiger partial charge in [0.15, 0.2) is 0 Å². The number of aromatic amines is 1. The van der Waals surface area contributed by atoms with Gasteiger partial charge in [0.25, 0.3) is 0 Å². The Hall–Kier alpha value is -4.82. The Morgan fingerprint density at radius 3 is 2.00 bits per heavy atom. The first-order valence-corrected chi connectivity index (χ1v) is 12.4. The first kappa shape index (κ1) is 19.5. The lowest BCUT2D eigenvalue weighted by atomic mass is 9.93. The Morgan fingerprint density at radius 2 is 1.14 bits per heavy atom. The van der Waals surface area contributed by atoms with Crippen molar-refractivity contribution >= 4 is 49.6 Å². The standard InChI is InChI=1S/C34H22N2/c1-2-11-23(12-3-1)36-32-17-9-8-16-27(32)25-14-6-7-15-26(25)28-20-29-31(21-33(28)36)35-30-19-18-22-10-4-5-13-24(22)34(29)30/h1-21,35H. The van der Waals surface area contributed by atoms with Gasteiger partial charge in [-0.05, 0) is 58.3 Å². The number of H-pyrrole nitrogens is 1. The molecule has 0 unspecified atom stereocenters. The number of nitrogens with one attached hydrogen (secondary N) is 1. The van der Waals surface area contributed by atoms with Crippen LogP contribution in [0.5, 0.6) is 0 Å². The van der Waals surface area contributed by atoms with Crippen LogP contribution < -0.4 is 4.90 Å². The Balaban J connectivity index is 1.55. The number of para-hydroxylation sites is 2. The molecule has 0 amide bonds. The van der Waals surface area contributed by atoms with Crippen molar-refractivity contribution in [3.63, 3.8) is 0 Å². The molecule has 0 atom stereocenters. The molecule has 2 nitrogen and oxygen atoms in total. The fourth-order valence-electron chi connectivity index (χ4n) is 5.94. The van der Waals surface area contributed by atoms with E-state index in [0.29, 0.717) is 0 Å². The zero-order valence-electron chi connectivity index (χ0n) is 19.6. The van der Waals surface area contributed by atoms with Crippen molar-refractivity contribution < 1.29 is 0 Å². The normalized spacial score (nSPS) is 12.4. The van der Waals surface area contributed by atoms with Crippen molar-refractivity contribution in [1.82, 2.24) is 4.98 Å². The van der Waals surface area contributed by atoms with Crippen LogP contribution in [0.3, 0.4) is 0 Å². The van der Waals surface area contributed by atoms with Gasteiger partial charge < -0.3 is 9.88 Å². The van der Waals surface area contributed by atoms with E-state index in [2.05, 4.69) is 137 Å². The number of hydrogen-bond donors (Lipinski definition) is 1. The van der Waals surface area contributed by atoms with Gasteiger partial charge in [-0.15, -0.1) is 0 Å². The lowest BCUT2D eigenvalue weighted by molar-refractivity contribution is 1.30. The summed E-state index contributed by atoms with van der Waals surface area (Å²) in [7, 11) is 0. The predicted molar refractivity (Wildman–Crippen MR) is 152 cm³/mol. The Labute approximate surface area is 209 Å². The van der Waals surface area contributed by atoms with Gasteiger partial charge in [-0.3, -0.25) is 0 Å². The summed E-state index contributed by atoms with van der Waals surface area (Å²) in [6.07, 6.45) is 0. The van der Waals surface area contributed by atoms with E-state index in [0.717, 1.165) is 11.2 Å². The molecule has 2 heterocycles. The van der Waals surface area contributed by atoms with Crippen molar-refractivity contribution in [3.05, 3.63) is 127 Å². The van der Waals surface area contributed by atoms with Crippen LogP contribution in [-0.4, -0.2) is 4.98 Å². The van der Waals surface area contributed by atoms with E-state index in [9.17, 15) is 0 Å². The molecule has 1 N–H and O–H groups in total. The summed E-state index contributed by atoms with van der Waals surface area (Å²) < 4.78 is 0. The van der Waals surface area contributed by atoms with Gasteiger partial charge in [0.2, 0.25) is 0 Å². The number of anilines is 3. The smallest absolute Gasteiger partial charge is 0.0561 e. The second kappa shape index (κ2) is 7.34. The minimum absolute atomic E-state index is 1.15. The molecule has 0 fully saturated rings. The molecule has 0 bridgehead atoms. The second-order valence-corrected chi connectivity index (χ2v) is 9.48. The van der Waals surface area contributed by atoms with E-state index < -0.39 is 0 Å². The van der Waals surface area contributed by atoms with Gasteiger partial charge in [0, 0.05) is 38.6 Å². The number of nitrogens with zero attached hydrogens (tertiary/aromatic N) is 1. The minimum atomic E-state index is 1.15. The minimum Gasteiger partial charge on any atom is -0.354 e. The molecule has 2 heteroatoms. The van der Waals surface area contributed by atoms with Gasteiger partial charge in [-0.1, -0.05) is 91.0 Å². The Bertz CT molecular complexity index is 1950. The summed E-state index contributed by atoms with van der Waals surface area (Å²) >= 11 is 0. The maximum Gasteiger partial charge on any atom is 0.0561 e. The van der Waals surface area contributed by atoms with Crippen molar-refractivity contribution in [2.75, 3.05) is 4.90 Å². The van der Waals surface area contributed by atoms with Gasteiger partial charge >= 0.3 is 0 Å². The van der Waals surface area contributed by atoms with Crippen molar-refractivity contribution in [2.45, 2.75) is 0 Å². The lowest BCUT2D eigenvalue weighted by Crippen LogP contribution is -2.10. The van der Waals surface area contributed by atoms with Gasteiger partial charge in [-0.2, -0.15) is 0 Å². The predicted octanol–water partition coefficient (Wildman–Crippen LogP) is 9.59. The van der Waals surface area contributed by atoms with Crippen LogP contribution in [0.4, 0.5) is 17.1 Å². The third kappa shape index (κ3) is 2.67. The van der Waals surface area contributed by atoms with Crippen LogP contribution in [-0.2, 0) is 0 Å². The summed E-state index contributed by atoms with van der Waals surface area (Å²) in [5.41, 5.74) is 10.9. The van der Waals surface area contributed by atoms with Crippen LogP contribution in [0.25, 0.3) is 54.8 Å². The summed E-state index contributed by atoms with van der Waals surface area (Å²) in [5.74, 6) is 0. The highest BCUT2D eigenvalue weighted by Crippen LogP contribution is 2.52. The van der Waals surface area contributed by atoms with E-state index in [1.165, 1.54) is 60.7 Å². The average Bonchev–Trinajstić information content (AvgIpc) is 3.26. The van der Waals surface area contributed by atoms with E-state index in [-0.39, 0.29) is 0 Å². The number of hydrogen-bond acceptors (Lipinski definition) is 1. The van der Waals surface area contributed by atoms with E-state index >= 15 is 0 Å². The topological polar surface area (TPSA) is 19.0 Å². The lowest BCUT2D eigenvalue weighted by Gasteiger charge is -2.27. The highest BCUT2D eigenvalue weighted by Gasteiger charge is 2.27. The number of aromatic nitrogens is 1. The maximum absolute atomic E-state index is 3.73.